The summed E-state index contributed by atoms with van der Waals surface area (Å²) in [4.78, 5) is 4.58. The van der Waals surface area contributed by atoms with Crippen LogP contribution in [0, 0.1) is 0 Å². The van der Waals surface area contributed by atoms with Crippen molar-refractivity contribution in [1.82, 2.24) is 9.29 Å². The minimum absolute atomic E-state index is 0.242. The lowest BCUT2D eigenvalue weighted by Gasteiger charge is -2.35. The molecular weight excluding hydrogens is 400 g/mol. The number of hydrogen-bond acceptors (Lipinski definition) is 5. The van der Waals surface area contributed by atoms with Crippen LogP contribution in [0.25, 0.3) is 10.9 Å². The van der Waals surface area contributed by atoms with Gasteiger partial charge >= 0.3 is 0 Å². The van der Waals surface area contributed by atoms with E-state index in [4.69, 9.17) is 9.47 Å². The third kappa shape index (κ3) is 3.52. The lowest BCUT2D eigenvalue weighted by atomic mass is 9.94. The highest BCUT2D eigenvalue weighted by atomic mass is 32.2. The van der Waals surface area contributed by atoms with Crippen molar-refractivity contribution < 1.29 is 17.9 Å². The topological polar surface area (TPSA) is 68.7 Å². The lowest BCUT2D eigenvalue weighted by Crippen LogP contribution is -2.39. The fourth-order valence-electron chi connectivity index (χ4n) is 4.08. The summed E-state index contributed by atoms with van der Waals surface area (Å²) in [5.74, 6) is 1.36. The highest BCUT2D eigenvalue weighted by molar-refractivity contribution is 7.89. The molecule has 1 unspecified atom stereocenters. The number of nitrogens with zero attached hydrogens (tertiary/aromatic N) is 2. The van der Waals surface area contributed by atoms with E-state index in [0.29, 0.717) is 43.2 Å². The minimum atomic E-state index is -3.73. The van der Waals surface area contributed by atoms with Crippen molar-refractivity contribution in [2.75, 3.05) is 19.8 Å². The molecule has 0 spiro atoms. The van der Waals surface area contributed by atoms with Crippen LogP contribution in [-0.2, 0) is 16.4 Å². The van der Waals surface area contributed by atoms with Crippen LogP contribution in [0.5, 0.6) is 11.5 Å². The van der Waals surface area contributed by atoms with Crippen molar-refractivity contribution in [3.05, 3.63) is 59.8 Å². The molecule has 0 bridgehead atoms. The van der Waals surface area contributed by atoms with Crippen LogP contribution < -0.4 is 9.47 Å². The van der Waals surface area contributed by atoms with Gasteiger partial charge in [0.1, 0.15) is 4.90 Å². The van der Waals surface area contributed by atoms with Crippen molar-refractivity contribution in [3.63, 3.8) is 0 Å². The van der Waals surface area contributed by atoms with Gasteiger partial charge in [0.2, 0.25) is 10.0 Å². The van der Waals surface area contributed by atoms with E-state index in [2.05, 4.69) is 4.98 Å². The summed E-state index contributed by atoms with van der Waals surface area (Å²) in [5, 5.41) is 0.809. The Morgan fingerprint density at radius 2 is 1.77 bits per heavy atom. The highest BCUT2D eigenvalue weighted by Gasteiger charge is 2.35. The van der Waals surface area contributed by atoms with E-state index < -0.39 is 10.0 Å². The molecule has 1 atom stereocenters. The first-order valence-electron chi connectivity index (χ1n) is 10.2. The van der Waals surface area contributed by atoms with E-state index in [1.807, 2.05) is 51.1 Å². The van der Waals surface area contributed by atoms with Crippen LogP contribution in [0.3, 0.4) is 0 Å². The zero-order valence-corrected chi connectivity index (χ0v) is 18.3. The summed E-state index contributed by atoms with van der Waals surface area (Å²) >= 11 is 0. The molecule has 1 aromatic heterocycles. The molecule has 0 saturated carbocycles. The van der Waals surface area contributed by atoms with Gasteiger partial charge in [0, 0.05) is 24.2 Å². The van der Waals surface area contributed by atoms with Gasteiger partial charge in [-0.15, -0.1) is 0 Å². The number of benzene rings is 2. The predicted molar refractivity (Wildman–Crippen MR) is 117 cm³/mol. The smallest absolute Gasteiger partial charge is 0.245 e. The number of rotatable bonds is 6. The standard InChI is InChI=1S/C23H26N2O4S/c1-4-28-20-14-18-11-13-25(16(3)19(18)15-21(20)29-5-2)30(26,27)22-10-6-8-17-9-7-12-24-23(17)22/h6-10,12,14-16H,4-5,11,13H2,1-3H3. The quantitative estimate of drug-likeness (QED) is 0.586. The van der Waals surface area contributed by atoms with E-state index in [9.17, 15) is 8.42 Å². The lowest BCUT2D eigenvalue weighted by molar-refractivity contribution is 0.282. The molecule has 1 aliphatic heterocycles. The average Bonchev–Trinajstić information content (AvgIpc) is 2.74. The van der Waals surface area contributed by atoms with Gasteiger partial charge in [-0.1, -0.05) is 18.2 Å². The zero-order valence-electron chi connectivity index (χ0n) is 17.5. The second-order valence-corrected chi connectivity index (χ2v) is 9.10. The second kappa shape index (κ2) is 8.24. The summed E-state index contributed by atoms with van der Waals surface area (Å²) in [6.45, 7) is 7.23. The van der Waals surface area contributed by atoms with Gasteiger partial charge in [0.25, 0.3) is 0 Å². The molecule has 7 heteroatoms. The molecule has 30 heavy (non-hydrogen) atoms. The Hall–Kier alpha value is -2.64. The number of para-hydroxylation sites is 1. The molecular formula is C23H26N2O4S. The molecule has 0 aliphatic carbocycles. The van der Waals surface area contributed by atoms with Crippen molar-refractivity contribution in [2.45, 2.75) is 38.1 Å². The molecule has 0 radical (unpaired) electrons. The second-order valence-electron chi connectivity index (χ2n) is 7.24. The van der Waals surface area contributed by atoms with E-state index >= 15 is 0 Å². The van der Waals surface area contributed by atoms with Crippen LogP contribution in [0.1, 0.15) is 37.9 Å². The van der Waals surface area contributed by atoms with Crippen LogP contribution >= 0.6 is 0 Å². The molecule has 2 heterocycles. The molecule has 1 aliphatic rings. The predicted octanol–water partition coefficient (Wildman–Crippen LogP) is 4.34. The molecule has 0 saturated heterocycles. The van der Waals surface area contributed by atoms with Gasteiger partial charge in [-0.2, -0.15) is 4.31 Å². The van der Waals surface area contributed by atoms with Crippen molar-refractivity contribution >= 4 is 20.9 Å². The number of hydrogen-bond donors (Lipinski definition) is 0. The fraction of sp³-hybridized carbons (Fsp3) is 0.348. The third-order valence-corrected chi connectivity index (χ3v) is 7.47. The number of fused-ring (bicyclic) bond motifs is 2. The van der Waals surface area contributed by atoms with Crippen LogP contribution in [0.15, 0.2) is 53.6 Å². The molecule has 158 valence electrons. The van der Waals surface area contributed by atoms with Gasteiger partial charge in [-0.3, -0.25) is 4.98 Å². The summed E-state index contributed by atoms with van der Waals surface area (Å²) in [6.07, 6.45) is 2.24. The first-order valence-corrected chi connectivity index (χ1v) is 11.7. The largest absolute Gasteiger partial charge is 0.490 e. The maximum Gasteiger partial charge on any atom is 0.245 e. The van der Waals surface area contributed by atoms with E-state index in [1.54, 1.807) is 22.6 Å². The Balaban J connectivity index is 1.77. The molecule has 0 fully saturated rings. The Labute approximate surface area is 177 Å². The maximum atomic E-state index is 13.6. The summed E-state index contributed by atoms with van der Waals surface area (Å²) in [7, 11) is -3.73. The molecule has 2 aromatic carbocycles. The van der Waals surface area contributed by atoms with Gasteiger partial charge in [-0.25, -0.2) is 8.42 Å². The maximum absolute atomic E-state index is 13.6. The Morgan fingerprint density at radius 1 is 1.07 bits per heavy atom. The number of aromatic nitrogens is 1. The van der Waals surface area contributed by atoms with Crippen LogP contribution in [0.4, 0.5) is 0 Å². The van der Waals surface area contributed by atoms with Gasteiger partial charge in [0.05, 0.1) is 18.7 Å². The Kier molecular flexibility index (Phi) is 5.66. The van der Waals surface area contributed by atoms with Crippen molar-refractivity contribution in [2.24, 2.45) is 0 Å². The zero-order chi connectivity index (χ0) is 21.3. The van der Waals surface area contributed by atoms with E-state index in [-0.39, 0.29) is 10.9 Å². The van der Waals surface area contributed by atoms with Gasteiger partial charge < -0.3 is 9.47 Å². The Bertz CT molecular complexity index is 1170. The molecule has 4 rings (SSSR count). The molecule has 3 aromatic rings. The first-order chi connectivity index (χ1) is 14.5. The highest BCUT2D eigenvalue weighted by Crippen LogP contribution is 2.40. The van der Waals surface area contributed by atoms with E-state index in [1.165, 1.54) is 0 Å². The third-order valence-electron chi connectivity index (χ3n) is 5.47. The summed E-state index contributed by atoms with van der Waals surface area (Å²) < 4.78 is 40.3. The monoisotopic (exact) mass is 426 g/mol. The fourth-order valence-corrected chi connectivity index (χ4v) is 5.86. The van der Waals surface area contributed by atoms with Gasteiger partial charge in [0.15, 0.2) is 11.5 Å². The van der Waals surface area contributed by atoms with Crippen LogP contribution in [-0.4, -0.2) is 37.5 Å². The normalized spacial score (nSPS) is 17.0. The van der Waals surface area contributed by atoms with Gasteiger partial charge in [-0.05, 0) is 62.6 Å². The van der Waals surface area contributed by atoms with Crippen LogP contribution in [0.2, 0.25) is 0 Å². The van der Waals surface area contributed by atoms with E-state index in [0.717, 1.165) is 16.5 Å². The van der Waals surface area contributed by atoms with Crippen molar-refractivity contribution in [3.8, 4) is 11.5 Å². The molecule has 0 N–H and O–H groups in total. The SMILES string of the molecule is CCOc1cc2c(cc1OCC)C(C)N(S(=O)(=O)c1cccc3cccnc13)CC2. The van der Waals surface area contributed by atoms with Crippen molar-refractivity contribution in [1.29, 1.82) is 0 Å². The molecule has 0 amide bonds. The Morgan fingerprint density at radius 3 is 2.50 bits per heavy atom. The first kappa shape index (κ1) is 20.6. The number of pyridine rings is 1. The minimum Gasteiger partial charge on any atom is -0.490 e. The number of ether oxygens (including phenoxy) is 2. The molecule has 6 nitrogen and oxygen atoms in total. The summed E-state index contributed by atoms with van der Waals surface area (Å²) in [5.41, 5.74) is 2.54. The average molecular weight is 427 g/mol. The summed E-state index contributed by atoms with van der Waals surface area (Å²) in [6, 6.07) is 12.6. The number of sulfonamides is 1.